The number of carbonyl (C=O) groups is 1. The van der Waals surface area contributed by atoms with E-state index in [1.54, 1.807) is 0 Å². The van der Waals surface area contributed by atoms with Gasteiger partial charge in [-0.3, -0.25) is 4.79 Å². The van der Waals surface area contributed by atoms with Gasteiger partial charge in [0.15, 0.2) is 0 Å². The van der Waals surface area contributed by atoms with Gasteiger partial charge in [-0.15, -0.1) is 0 Å². The molecule has 17 heavy (non-hydrogen) atoms. The number of hydrogen-bond donors (Lipinski definition) is 1. The maximum absolute atomic E-state index is 12.2. The summed E-state index contributed by atoms with van der Waals surface area (Å²) >= 11 is 0. The molecule has 2 heterocycles. The molecule has 0 aliphatic carbocycles. The lowest BCUT2D eigenvalue weighted by Crippen LogP contribution is -2.60. The topological polar surface area (TPSA) is 41.6 Å². The number of nitrogens with zero attached hydrogens (tertiary/aromatic N) is 1. The van der Waals surface area contributed by atoms with Gasteiger partial charge in [-0.2, -0.15) is 0 Å². The molecule has 98 valence electrons. The summed E-state index contributed by atoms with van der Waals surface area (Å²) in [4.78, 5) is 14.2. The lowest BCUT2D eigenvalue weighted by molar-refractivity contribution is -0.151. The minimum Gasteiger partial charge on any atom is -0.363 e. The van der Waals surface area contributed by atoms with Crippen LogP contribution in [0.2, 0.25) is 0 Å². The molecule has 0 aromatic heterocycles. The smallest absolute Gasteiger partial charge is 0.249 e. The zero-order valence-corrected chi connectivity index (χ0v) is 11.2. The van der Waals surface area contributed by atoms with Crippen molar-refractivity contribution in [2.24, 2.45) is 0 Å². The zero-order valence-electron chi connectivity index (χ0n) is 11.2. The Morgan fingerprint density at radius 2 is 1.94 bits per heavy atom. The van der Waals surface area contributed by atoms with Gasteiger partial charge in [0.25, 0.3) is 0 Å². The van der Waals surface area contributed by atoms with Crippen LogP contribution in [0.3, 0.4) is 0 Å². The van der Waals surface area contributed by atoms with E-state index in [1.165, 1.54) is 6.42 Å². The first kappa shape index (κ1) is 12.8. The summed E-state index contributed by atoms with van der Waals surface area (Å²) < 4.78 is 5.72. The van der Waals surface area contributed by atoms with E-state index in [4.69, 9.17) is 4.74 Å². The minimum atomic E-state index is -0.127. The van der Waals surface area contributed by atoms with Gasteiger partial charge in [0.1, 0.15) is 6.61 Å². The first-order chi connectivity index (χ1) is 8.02. The van der Waals surface area contributed by atoms with Crippen LogP contribution >= 0.6 is 0 Å². The molecule has 2 rings (SSSR count). The van der Waals surface area contributed by atoms with E-state index in [0.29, 0.717) is 12.1 Å². The van der Waals surface area contributed by atoms with Crippen molar-refractivity contribution in [2.45, 2.75) is 57.7 Å². The highest BCUT2D eigenvalue weighted by molar-refractivity contribution is 5.78. The molecule has 2 saturated heterocycles. The minimum absolute atomic E-state index is 0.127. The molecule has 2 atom stereocenters. The molecular formula is C13H24N2O2. The van der Waals surface area contributed by atoms with E-state index in [1.807, 2.05) is 4.90 Å². The Morgan fingerprint density at radius 1 is 1.35 bits per heavy atom. The van der Waals surface area contributed by atoms with Crippen molar-refractivity contribution in [1.29, 1.82) is 0 Å². The van der Waals surface area contributed by atoms with Gasteiger partial charge in [0, 0.05) is 25.2 Å². The fourth-order valence-electron chi connectivity index (χ4n) is 2.80. The van der Waals surface area contributed by atoms with Crippen LogP contribution in [0.15, 0.2) is 0 Å². The average Bonchev–Trinajstić information content (AvgIpc) is 2.23. The highest BCUT2D eigenvalue weighted by Gasteiger charge is 2.35. The quantitative estimate of drug-likeness (QED) is 0.804. The second-order valence-electron chi connectivity index (χ2n) is 5.77. The third-order valence-corrected chi connectivity index (χ3v) is 4.02. The number of piperidine rings is 1. The van der Waals surface area contributed by atoms with Crippen LogP contribution in [-0.2, 0) is 9.53 Å². The first-order valence-electron chi connectivity index (χ1n) is 6.68. The van der Waals surface area contributed by atoms with Crippen LogP contribution in [0.5, 0.6) is 0 Å². The Balaban J connectivity index is 1.85. The number of ether oxygens (including phenoxy) is 1. The molecule has 2 aliphatic heterocycles. The van der Waals surface area contributed by atoms with Crippen LogP contribution < -0.4 is 5.32 Å². The van der Waals surface area contributed by atoms with Gasteiger partial charge in [0.2, 0.25) is 5.91 Å². The van der Waals surface area contributed by atoms with E-state index >= 15 is 0 Å². The molecule has 0 aromatic carbocycles. The van der Waals surface area contributed by atoms with Crippen molar-refractivity contribution in [3.63, 3.8) is 0 Å². The Morgan fingerprint density at radius 3 is 2.41 bits per heavy atom. The molecule has 1 N–H and O–H groups in total. The molecule has 4 nitrogen and oxygen atoms in total. The summed E-state index contributed by atoms with van der Waals surface area (Å²) in [6.45, 7) is 8.27. The van der Waals surface area contributed by atoms with Crippen LogP contribution in [0.1, 0.15) is 40.0 Å². The number of rotatable bonds is 3. The molecule has 2 fully saturated rings. The highest BCUT2D eigenvalue weighted by Crippen LogP contribution is 2.23. The third-order valence-electron chi connectivity index (χ3n) is 4.02. The predicted octanol–water partition coefficient (Wildman–Crippen LogP) is 1.15. The number of hydrogen-bond acceptors (Lipinski definition) is 3. The lowest BCUT2D eigenvalue weighted by atomic mass is 9.97. The summed E-state index contributed by atoms with van der Waals surface area (Å²) in [5.74, 6) is 0.151. The molecule has 4 heteroatoms. The Labute approximate surface area is 104 Å². The molecule has 0 aromatic rings. The van der Waals surface area contributed by atoms with Gasteiger partial charge >= 0.3 is 0 Å². The van der Waals surface area contributed by atoms with Gasteiger partial charge in [-0.05, 0) is 40.0 Å². The SMILES string of the molecule is CC1CCCC(C)N1C(=O)COC1(C)CNC1. The van der Waals surface area contributed by atoms with Gasteiger partial charge in [-0.25, -0.2) is 0 Å². The number of amides is 1. The molecule has 2 aliphatic rings. The molecule has 2 unspecified atom stereocenters. The van der Waals surface area contributed by atoms with Crippen LogP contribution in [0.4, 0.5) is 0 Å². The summed E-state index contributed by atoms with van der Waals surface area (Å²) in [5, 5.41) is 3.17. The number of likely N-dealkylation sites (tertiary alicyclic amines) is 1. The van der Waals surface area contributed by atoms with Crippen molar-refractivity contribution in [1.82, 2.24) is 10.2 Å². The summed E-state index contributed by atoms with van der Waals surface area (Å²) in [7, 11) is 0. The number of carbonyl (C=O) groups excluding carboxylic acids is 1. The van der Waals surface area contributed by atoms with Crippen molar-refractivity contribution >= 4 is 5.91 Å². The van der Waals surface area contributed by atoms with Crippen molar-refractivity contribution in [3.8, 4) is 0 Å². The van der Waals surface area contributed by atoms with E-state index in [2.05, 4.69) is 26.1 Å². The molecule has 0 saturated carbocycles. The van der Waals surface area contributed by atoms with Gasteiger partial charge in [0.05, 0.1) is 5.60 Å². The van der Waals surface area contributed by atoms with E-state index in [9.17, 15) is 4.79 Å². The van der Waals surface area contributed by atoms with Crippen LogP contribution in [0, 0.1) is 0 Å². The summed E-state index contributed by atoms with van der Waals surface area (Å²) in [6, 6.07) is 0.726. The van der Waals surface area contributed by atoms with Crippen molar-refractivity contribution in [3.05, 3.63) is 0 Å². The lowest BCUT2D eigenvalue weighted by Gasteiger charge is -2.42. The Kier molecular flexibility index (Phi) is 3.73. The van der Waals surface area contributed by atoms with Gasteiger partial charge in [-0.1, -0.05) is 0 Å². The van der Waals surface area contributed by atoms with Crippen LogP contribution in [-0.4, -0.2) is 48.2 Å². The standard InChI is InChI=1S/C13H24N2O2/c1-10-5-4-6-11(2)15(10)12(16)7-17-13(3)8-14-9-13/h10-11,14H,4-9H2,1-3H3. The normalized spacial score (nSPS) is 32.1. The van der Waals surface area contributed by atoms with Crippen molar-refractivity contribution in [2.75, 3.05) is 19.7 Å². The third kappa shape index (κ3) is 2.80. The molecule has 0 radical (unpaired) electrons. The Bertz CT molecular complexity index is 279. The van der Waals surface area contributed by atoms with E-state index in [0.717, 1.165) is 25.9 Å². The van der Waals surface area contributed by atoms with Crippen molar-refractivity contribution < 1.29 is 9.53 Å². The molecular weight excluding hydrogens is 216 g/mol. The second-order valence-corrected chi connectivity index (χ2v) is 5.77. The van der Waals surface area contributed by atoms with Gasteiger partial charge < -0.3 is 15.0 Å². The predicted molar refractivity (Wildman–Crippen MR) is 66.8 cm³/mol. The maximum Gasteiger partial charge on any atom is 0.249 e. The summed E-state index contributed by atoms with van der Waals surface area (Å²) in [5.41, 5.74) is -0.127. The fourth-order valence-corrected chi connectivity index (χ4v) is 2.80. The van der Waals surface area contributed by atoms with E-state index in [-0.39, 0.29) is 18.1 Å². The summed E-state index contributed by atoms with van der Waals surface area (Å²) in [6.07, 6.45) is 3.47. The molecule has 0 spiro atoms. The first-order valence-corrected chi connectivity index (χ1v) is 6.68. The molecule has 1 amide bonds. The largest absolute Gasteiger partial charge is 0.363 e. The van der Waals surface area contributed by atoms with Crippen LogP contribution in [0.25, 0.3) is 0 Å². The number of nitrogens with one attached hydrogen (secondary N) is 1. The zero-order chi connectivity index (χ0) is 12.5. The second kappa shape index (κ2) is 4.94. The highest BCUT2D eigenvalue weighted by atomic mass is 16.5. The monoisotopic (exact) mass is 240 g/mol. The maximum atomic E-state index is 12.2. The molecule has 0 bridgehead atoms. The Hall–Kier alpha value is -0.610. The fraction of sp³-hybridized carbons (Fsp3) is 0.923. The average molecular weight is 240 g/mol. The van der Waals surface area contributed by atoms with E-state index < -0.39 is 0 Å².